The second-order valence-electron chi connectivity index (χ2n) is 7.05. The summed E-state index contributed by atoms with van der Waals surface area (Å²) < 4.78 is 0. The molecule has 1 amide bonds. The van der Waals surface area contributed by atoms with Crippen molar-refractivity contribution in [1.29, 1.82) is 0 Å². The van der Waals surface area contributed by atoms with Crippen molar-refractivity contribution in [3.8, 4) is 0 Å². The van der Waals surface area contributed by atoms with Gasteiger partial charge in [-0.2, -0.15) is 0 Å². The molecule has 0 N–H and O–H groups in total. The summed E-state index contributed by atoms with van der Waals surface area (Å²) in [4.78, 5) is 17.3. The average molecular weight is 320 g/mol. The Labute approximate surface area is 143 Å². The minimum absolute atomic E-state index is 0.176. The number of benzene rings is 2. The van der Waals surface area contributed by atoms with E-state index in [1.54, 1.807) is 0 Å². The maximum absolute atomic E-state index is 12.7. The van der Waals surface area contributed by atoms with Crippen LogP contribution in [0, 0.1) is 6.92 Å². The normalized spacial score (nSPS) is 20.9. The van der Waals surface area contributed by atoms with Gasteiger partial charge in [0.1, 0.15) is 0 Å². The molecule has 0 aromatic heterocycles. The number of hydrogen-bond acceptors (Lipinski definition) is 2. The van der Waals surface area contributed by atoms with Gasteiger partial charge in [-0.25, -0.2) is 0 Å². The molecule has 0 bridgehead atoms. The first-order chi connectivity index (χ1) is 11.7. The Bertz CT molecular complexity index is 738. The number of likely N-dealkylation sites (tertiary alicyclic amines) is 1. The van der Waals surface area contributed by atoms with Crippen molar-refractivity contribution in [1.82, 2.24) is 9.80 Å². The Balaban J connectivity index is 1.42. The van der Waals surface area contributed by atoms with Gasteiger partial charge in [0.25, 0.3) is 5.91 Å². The van der Waals surface area contributed by atoms with Gasteiger partial charge in [0.15, 0.2) is 0 Å². The first kappa shape index (κ1) is 15.4. The zero-order valence-electron chi connectivity index (χ0n) is 14.2. The number of carbonyl (C=O) groups excluding carboxylic acids is 1. The number of carbonyl (C=O) groups is 1. The second kappa shape index (κ2) is 6.40. The summed E-state index contributed by atoms with van der Waals surface area (Å²) in [5.41, 5.74) is 4.94. The molecule has 2 heterocycles. The van der Waals surface area contributed by atoms with Crippen LogP contribution >= 0.6 is 0 Å². The molecule has 0 aliphatic carbocycles. The molecule has 0 spiro atoms. The van der Waals surface area contributed by atoms with Crippen LogP contribution in [0.5, 0.6) is 0 Å². The van der Waals surface area contributed by atoms with Gasteiger partial charge in [0, 0.05) is 37.8 Å². The van der Waals surface area contributed by atoms with Crippen molar-refractivity contribution in [2.24, 2.45) is 0 Å². The van der Waals surface area contributed by atoms with E-state index < -0.39 is 0 Å². The van der Waals surface area contributed by atoms with Gasteiger partial charge in [-0.1, -0.05) is 42.0 Å². The van der Waals surface area contributed by atoms with Crippen molar-refractivity contribution in [2.75, 3.05) is 19.6 Å². The van der Waals surface area contributed by atoms with Crippen molar-refractivity contribution in [3.05, 3.63) is 70.8 Å². The summed E-state index contributed by atoms with van der Waals surface area (Å²) in [6.07, 6.45) is 2.21. The summed E-state index contributed by atoms with van der Waals surface area (Å²) >= 11 is 0. The molecule has 1 saturated heterocycles. The van der Waals surface area contributed by atoms with E-state index >= 15 is 0 Å². The Morgan fingerprint density at radius 1 is 1.00 bits per heavy atom. The summed E-state index contributed by atoms with van der Waals surface area (Å²) in [5.74, 6) is 0.176. The number of rotatable bonds is 2. The summed E-state index contributed by atoms with van der Waals surface area (Å²) in [6, 6.07) is 17.2. The Morgan fingerprint density at radius 2 is 1.75 bits per heavy atom. The van der Waals surface area contributed by atoms with Gasteiger partial charge in [-0.05, 0) is 43.0 Å². The van der Waals surface area contributed by atoms with Crippen LogP contribution in [0.2, 0.25) is 0 Å². The molecule has 24 heavy (non-hydrogen) atoms. The highest BCUT2D eigenvalue weighted by molar-refractivity contribution is 5.94. The third-order valence-corrected chi connectivity index (χ3v) is 5.43. The van der Waals surface area contributed by atoms with Gasteiger partial charge in [-0.3, -0.25) is 9.69 Å². The topological polar surface area (TPSA) is 23.6 Å². The second-order valence-corrected chi connectivity index (χ2v) is 7.05. The van der Waals surface area contributed by atoms with Crippen LogP contribution < -0.4 is 0 Å². The lowest BCUT2D eigenvalue weighted by atomic mass is 9.98. The fraction of sp³-hybridized carbons (Fsp3) is 0.381. The molecule has 2 aromatic carbocycles. The number of fused-ring (bicyclic) bond motifs is 1. The molecule has 2 aliphatic rings. The van der Waals surface area contributed by atoms with Gasteiger partial charge in [0.2, 0.25) is 0 Å². The molecule has 0 saturated carbocycles. The minimum Gasteiger partial charge on any atom is -0.337 e. The molecule has 3 nitrogen and oxygen atoms in total. The molecule has 4 rings (SSSR count). The molecule has 2 aliphatic heterocycles. The van der Waals surface area contributed by atoms with Crippen molar-refractivity contribution < 1.29 is 4.79 Å². The SMILES string of the molecule is Cc1ccc(C(=O)N2CC[C@H](N3CCc4ccccc4C3)C2)cc1. The van der Waals surface area contributed by atoms with Crippen molar-refractivity contribution in [2.45, 2.75) is 32.4 Å². The number of amides is 1. The highest BCUT2D eigenvalue weighted by Gasteiger charge is 2.32. The molecule has 2 aromatic rings. The maximum atomic E-state index is 12.7. The lowest BCUT2D eigenvalue weighted by Gasteiger charge is -2.33. The summed E-state index contributed by atoms with van der Waals surface area (Å²) in [7, 11) is 0. The largest absolute Gasteiger partial charge is 0.337 e. The van der Waals surface area contributed by atoms with E-state index in [9.17, 15) is 4.79 Å². The van der Waals surface area contributed by atoms with E-state index in [0.717, 1.165) is 44.6 Å². The van der Waals surface area contributed by atoms with Crippen molar-refractivity contribution >= 4 is 5.91 Å². The zero-order valence-corrected chi connectivity index (χ0v) is 14.2. The van der Waals surface area contributed by atoms with E-state index in [4.69, 9.17) is 0 Å². The average Bonchev–Trinajstić information content (AvgIpc) is 3.11. The van der Waals surface area contributed by atoms with Crippen LogP contribution in [-0.4, -0.2) is 41.4 Å². The smallest absolute Gasteiger partial charge is 0.253 e. The van der Waals surface area contributed by atoms with Crippen LogP contribution in [0.4, 0.5) is 0 Å². The minimum atomic E-state index is 0.176. The highest BCUT2D eigenvalue weighted by Crippen LogP contribution is 2.25. The Kier molecular flexibility index (Phi) is 4.11. The van der Waals surface area contributed by atoms with Crippen molar-refractivity contribution in [3.63, 3.8) is 0 Å². The molecular weight excluding hydrogens is 296 g/mol. The predicted octanol–water partition coefficient (Wildman–Crippen LogP) is 3.27. The molecule has 3 heteroatoms. The molecule has 0 unspecified atom stereocenters. The molecular formula is C21H24N2O. The molecule has 1 fully saturated rings. The molecule has 1 atom stereocenters. The van der Waals surface area contributed by atoms with Crippen LogP contribution in [0.1, 0.15) is 33.5 Å². The lowest BCUT2D eigenvalue weighted by molar-refractivity contribution is 0.0773. The quantitative estimate of drug-likeness (QED) is 0.848. The predicted molar refractivity (Wildman–Crippen MR) is 96.0 cm³/mol. The molecule has 124 valence electrons. The monoisotopic (exact) mass is 320 g/mol. The van der Waals surface area contributed by atoms with E-state index in [-0.39, 0.29) is 5.91 Å². The number of hydrogen-bond donors (Lipinski definition) is 0. The Hall–Kier alpha value is -2.13. The first-order valence-electron chi connectivity index (χ1n) is 8.87. The first-order valence-corrected chi connectivity index (χ1v) is 8.87. The van der Waals surface area contributed by atoms with Gasteiger partial charge in [-0.15, -0.1) is 0 Å². The highest BCUT2D eigenvalue weighted by atomic mass is 16.2. The van der Waals surface area contributed by atoms with E-state index in [1.807, 2.05) is 36.1 Å². The summed E-state index contributed by atoms with van der Waals surface area (Å²) in [5, 5.41) is 0. The van der Waals surface area contributed by atoms with E-state index in [0.29, 0.717) is 6.04 Å². The van der Waals surface area contributed by atoms with Crippen LogP contribution in [0.25, 0.3) is 0 Å². The number of nitrogens with zero attached hydrogens (tertiary/aromatic N) is 2. The zero-order chi connectivity index (χ0) is 16.5. The van der Waals surface area contributed by atoms with E-state index in [2.05, 4.69) is 29.2 Å². The fourth-order valence-corrected chi connectivity index (χ4v) is 3.93. The van der Waals surface area contributed by atoms with Gasteiger partial charge < -0.3 is 4.90 Å². The Morgan fingerprint density at radius 3 is 2.54 bits per heavy atom. The third-order valence-electron chi connectivity index (χ3n) is 5.43. The fourth-order valence-electron chi connectivity index (χ4n) is 3.93. The maximum Gasteiger partial charge on any atom is 0.253 e. The lowest BCUT2D eigenvalue weighted by Crippen LogP contribution is -2.41. The van der Waals surface area contributed by atoms with Gasteiger partial charge in [0.05, 0.1) is 0 Å². The van der Waals surface area contributed by atoms with Crippen LogP contribution in [-0.2, 0) is 13.0 Å². The van der Waals surface area contributed by atoms with Crippen LogP contribution in [0.15, 0.2) is 48.5 Å². The summed E-state index contributed by atoms with van der Waals surface area (Å²) in [6.45, 7) is 5.90. The van der Waals surface area contributed by atoms with E-state index in [1.165, 1.54) is 16.7 Å². The number of aryl methyl sites for hydroxylation is 1. The van der Waals surface area contributed by atoms with Gasteiger partial charge >= 0.3 is 0 Å². The molecule has 0 radical (unpaired) electrons. The third kappa shape index (κ3) is 2.96. The standard InChI is InChI=1S/C21H24N2O/c1-16-6-8-18(9-7-16)21(24)23-13-11-20(15-23)22-12-10-17-4-2-3-5-19(17)14-22/h2-9,20H,10-15H2,1H3/t20-/m0/s1. The van der Waals surface area contributed by atoms with Crippen LogP contribution in [0.3, 0.4) is 0 Å².